The van der Waals surface area contributed by atoms with E-state index in [1.54, 1.807) is 11.3 Å². The van der Waals surface area contributed by atoms with Crippen molar-refractivity contribution < 1.29 is 0 Å². The summed E-state index contributed by atoms with van der Waals surface area (Å²) in [6.45, 7) is 8.46. The molecule has 1 aliphatic rings. The number of rotatable bonds is 8. The largest absolute Gasteiger partial charge is 0.355 e. The predicted molar refractivity (Wildman–Crippen MR) is 118 cm³/mol. The highest BCUT2D eigenvalue weighted by atomic mass is 32.1. The van der Waals surface area contributed by atoms with Gasteiger partial charge < -0.3 is 20.1 Å². The minimum absolute atomic E-state index is 0.541. The van der Waals surface area contributed by atoms with Crippen LogP contribution in [0.15, 0.2) is 10.4 Å². The lowest BCUT2D eigenvalue weighted by Crippen LogP contribution is -2.44. The molecule has 1 atom stereocenters. The zero-order chi connectivity index (χ0) is 20.8. The molecule has 0 amide bonds. The summed E-state index contributed by atoms with van der Waals surface area (Å²) in [5.41, 5.74) is 0.977. The molecule has 0 spiro atoms. The van der Waals surface area contributed by atoms with Crippen LogP contribution in [0.1, 0.15) is 37.1 Å². The molecule has 1 aliphatic heterocycles. The van der Waals surface area contributed by atoms with Crippen LogP contribution in [0.2, 0.25) is 0 Å². The molecule has 3 rings (SSSR count). The minimum atomic E-state index is 0.541. The maximum atomic E-state index is 4.77. The highest BCUT2D eigenvalue weighted by molar-refractivity contribution is 7.13. The lowest BCUT2D eigenvalue weighted by Gasteiger charge is -2.24. The number of aliphatic imine (C=N–C) groups is 1. The van der Waals surface area contributed by atoms with Gasteiger partial charge in [-0.05, 0) is 32.9 Å². The SMILES string of the molecule is CCN1CCCC1CNC(=NCc1csc(N(C)C)n1)NCc1nnc(C)n1C. The molecule has 9 nitrogen and oxygen atoms in total. The van der Waals surface area contributed by atoms with Gasteiger partial charge in [0.2, 0.25) is 0 Å². The molecule has 1 unspecified atom stereocenters. The van der Waals surface area contributed by atoms with Crippen LogP contribution in [0.3, 0.4) is 0 Å². The van der Waals surface area contributed by atoms with Crippen LogP contribution < -0.4 is 15.5 Å². The number of likely N-dealkylation sites (tertiary alicyclic amines) is 1. The van der Waals surface area contributed by atoms with E-state index in [1.807, 2.05) is 37.5 Å². The first-order valence-electron chi connectivity index (χ1n) is 10.2. The Balaban J connectivity index is 1.64. The topological polar surface area (TPSA) is 86.5 Å². The Kier molecular flexibility index (Phi) is 7.43. The Morgan fingerprint density at radius 2 is 2.17 bits per heavy atom. The van der Waals surface area contributed by atoms with Crippen molar-refractivity contribution in [3.63, 3.8) is 0 Å². The van der Waals surface area contributed by atoms with Crippen molar-refractivity contribution in [3.8, 4) is 0 Å². The Bertz CT molecular complexity index is 810. The van der Waals surface area contributed by atoms with Gasteiger partial charge in [-0.25, -0.2) is 9.98 Å². The number of likely N-dealkylation sites (N-methyl/N-ethyl adjacent to an activating group) is 1. The van der Waals surface area contributed by atoms with Gasteiger partial charge in [0.25, 0.3) is 0 Å². The summed E-state index contributed by atoms with van der Waals surface area (Å²) in [5.74, 6) is 2.57. The van der Waals surface area contributed by atoms with E-state index in [9.17, 15) is 0 Å². The first-order chi connectivity index (χ1) is 14.0. The highest BCUT2D eigenvalue weighted by Crippen LogP contribution is 2.18. The average molecular weight is 420 g/mol. The van der Waals surface area contributed by atoms with E-state index in [-0.39, 0.29) is 0 Å². The van der Waals surface area contributed by atoms with Crippen LogP contribution in [0.4, 0.5) is 5.13 Å². The van der Waals surface area contributed by atoms with E-state index in [0.717, 1.165) is 41.5 Å². The van der Waals surface area contributed by atoms with Crippen LogP contribution in [0.5, 0.6) is 0 Å². The van der Waals surface area contributed by atoms with Crippen molar-refractivity contribution in [2.75, 3.05) is 38.6 Å². The van der Waals surface area contributed by atoms with Crippen LogP contribution in [-0.2, 0) is 20.1 Å². The number of anilines is 1. The number of nitrogens with zero attached hydrogens (tertiary/aromatic N) is 7. The third-order valence-corrected chi connectivity index (χ3v) is 6.39. The number of thiazole rings is 1. The fourth-order valence-corrected chi connectivity index (χ4v) is 4.18. The molecule has 160 valence electrons. The van der Waals surface area contributed by atoms with Gasteiger partial charge in [-0.2, -0.15) is 0 Å². The van der Waals surface area contributed by atoms with E-state index in [1.165, 1.54) is 19.4 Å². The molecule has 2 aromatic rings. The van der Waals surface area contributed by atoms with Crippen molar-refractivity contribution >= 4 is 22.4 Å². The van der Waals surface area contributed by atoms with Gasteiger partial charge in [0, 0.05) is 39.1 Å². The van der Waals surface area contributed by atoms with Gasteiger partial charge >= 0.3 is 0 Å². The first-order valence-corrected chi connectivity index (χ1v) is 11.1. The van der Waals surface area contributed by atoms with E-state index in [0.29, 0.717) is 19.1 Å². The second-order valence-electron chi connectivity index (χ2n) is 7.56. The van der Waals surface area contributed by atoms with E-state index in [2.05, 4.69) is 43.0 Å². The quantitative estimate of drug-likeness (QED) is 0.494. The third kappa shape index (κ3) is 5.66. The van der Waals surface area contributed by atoms with E-state index < -0.39 is 0 Å². The second-order valence-corrected chi connectivity index (χ2v) is 8.40. The smallest absolute Gasteiger partial charge is 0.192 e. The molecule has 29 heavy (non-hydrogen) atoms. The molecule has 0 radical (unpaired) electrons. The Morgan fingerprint density at radius 3 is 2.83 bits per heavy atom. The predicted octanol–water partition coefficient (Wildman–Crippen LogP) is 1.37. The number of guanidine groups is 1. The van der Waals surface area contributed by atoms with Crippen molar-refractivity contribution in [2.45, 2.75) is 45.8 Å². The average Bonchev–Trinajstić information content (AvgIpc) is 3.43. The molecule has 0 saturated carbocycles. The number of nitrogens with one attached hydrogen (secondary N) is 2. The van der Waals surface area contributed by atoms with Gasteiger partial charge in [-0.1, -0.05) is 6.92 Å². The Labute approximate surface area is 177 Å². The molecule has 2 aromatic heterocycles. The van der Waals surface area contributed by atoms with Gasteiger partial charge in [-0.3, -0.25) is 4.90 Å². The maximum Gasteiger partial charge on any atom is 0.192 e. The second kappa shape index (κ2) is 10.0. The monoisotopic (exact) mass is 419 g/mol. The van der Waals surface area contributed by atoms with E-state index in [4.69, 9.17) is 4.99 Å². The fraction of sp³-hybridized carbons (Fsp3) is 0.684. The molecule has 1 fully saturated rings. The number of hydrogen-bond donors (Lipinski definition) is 2. The lowest BCUT2D eigenvalue weighted by molar-refractivity contribution is 0.267. The van der Waals surface area contributed by atoms with E-state index >= 15 is 0 Å². The van der Waals surface area contributed by atoms with Crippen LogP contribution >= 0.6 is 11.3 Å². The Morgan fingerprint density at radius 1 is 1.34 bits per heavy atom. The molecule has 1 saturated heterocycles. The standard InChI is InChI=1S/C19H33N9S/c1-6-28-9-7-8-16(28)11-21-18(22-12-17-25-24-14(2)27(17)5)20-10-15-13-29-19(23-15)26(3)4/h13,16H,6-12H2,1-5H3,(H2,20,21,22). The van der Waals surface area contributed by atoms with Crippen molar-refractivity contribution in [1.29, 1.82) is 0 Å². The zero-order valence-corrected chi connectivity index (χ0v) is 19.0. The summed E-state index contributed by atoms with van der Waals surface area (Å²) < 4.78 is 1.99. The summed E-state index contributed by atoms with van der Waals surface area (Å²) in [5, 5.41) is 18.4. The molecule has 10 heteroatoms. The third-order valence-electron chi connectivity index (χ3n) is 5.33. The minimum Gasteiger partial charge on any atom is -0.355 e. The summed E-state index contributed by atoms with van der Waals surface area (Å²) in [6.07, 6.45) is 2.50. The Hall–Kier alpha value is -2.20. The fourth-order valence-electron chi connectivity index (χ4n) is 3.43. The van der Waals surface area contributed by atoms with Gasteiger partial charge in [-0.15, -0.1) is 21.5 Å². The van der Waals surface area contributed by atoms with Gasteiger partial charge in [0.05, 0.1) is 18.8 Å². The molecule has 3 heterocycles. The molecule has 0 aliphatic carbocycles. The molecular weight excluding hydrogens is 386 g/mol. The molecule has 0 aromatic carbocycles. The maximum absolute atomic E-state index is 4.77. The molecule has 0 bridgehead atoms. The molecular formula is C19H33N9S. The van der Waals surface area contributed by atoms with Gasteiger partial charge in [0.15, 0.2) is 16.9 Å². The normalized spacial score (nSPS) is 17.7. The highest BCUT2D eigenvalue weighted by Gasteiger charge is 2.22. The summed E-state index contributed by atoms with van der Waals surface area (Å²) in [4.78, 5) is 13.9. The summed E-state index contributed by atoms with van der Waals surface area (Å²) in [6, 6.07) is 0.559. The lowest BCUT2D eigenvalue weighted by atomic mass is 10.2. The van der Waals surface area contributed by atoms with Crippen LogP contribution in [0.25, 0.3) is 0 Å². The van der Waals surface area contributed by atoms with Crippen LogP contribution in [0, 0.1) is 6.92 Å². The van der Waals surface area contributed by atoms with Crippen molar-refractivity contribution in [1.82, 2.24) is 35.3 Å². The first kappa shape index (κ1) is 21.5. The number of hydrogen-bond acceptors (Lipinski definition) is 7. The van der Waals surface area contributed by atoms with Crippen molar-refractivity contribution in [3.05, 3.63) is 22.7 Å². The number of aromatic nitrogens is 4. The summed E-state index contributed by atoms with van der Waals surface area (Å²) >= 11 is 1.64. The molecule has 2 N–H and O–H groups in total. The zero-order valence-electron chi connectivity index (χ0n) is 18.1. The summed E-state index contributed by atoms with van der Waals surface area (Å²) in [7, 11) is 5.99. The number of aryl methyl sites for hydroxylation is 1. The van der Waals surface area contributed by atoms with Crippen LogP contribution in [-0.4, -0.2) is 70.4 Å². The van der Waals surface area contributed by atoms with Gasteiger partial charge in [0.1, 0.15) is 5.82 Å². The van der Waals surface area contributed by atoms with Crippen molar-refractivity contribution in [2.24, 2.45) is 12.0 Å².